The van der Waals surface area contributed by atoms with Gasteiger partial charge >= 0.3 is 0 Å². The molecular formula is C16H13NO2S. The van der Waals surface area contributed by atoms with Gasteiger partial charge in [-0.2, -0.15) is 0 Å². The van der Waals surface area contributed by atoms with E-state index in [1.165, 1.54) is 17.8 Å². The third kappa shape index (κ3) is 1.88. The number of benzene rings is 1. The fraction of sp³-hybridized carbons (Fsp3) is 0.188. The third-order valence-electron chi connectivity index (χ3n) is 3.40. The number of hydrogen-bond donors (Lipinski definition) is 0. The molecule has 100 valence electrons. The van der Waals surface area contributed by atoms with Crippen molar-refractivity contribution in [2.24, 2.45) is 0 Å². The number of rotatable bonds is 2. The zero-order valence-electron chi connectivity index (χ0n) is 11.3. The molecule has 0 N–H and O–H groups in total. The van der Waals surface area contributed by atoms with Crippen LogP contribution in [0.15, 0.2) is 35.2 Å². The molecule has 0 saturated heterocycles. The van der Waals surface area contributed by atoms with Gasteiger partial charge in [0.25, 0.3) is 0 Å². The van der Waals surface area contributed by atoms with Gasteiger partial charge in [-0.25, -0.2) is 4.98 Å². The van der Waals surface area contributed by atoms with Gasteiger partial charge in [-0.05, 0) is 24.3 Å². The molecule has 1 aromatic carbocycles. The summed E-state index contributed by atoms with van der Waals surface area (Å²) in [4.78, 5) is 29.6. The molecule has 1 heterocycles. The number of thioether (sulfide) groups is 1. The van der Waals surface area contributed by atoms with Crippen molar-refractivity contribution in [2.75, 3.05) is 5.75 Å². The first kappa shape index (κ1) is 13.1. The quantitative estimate of drug-likeness (QED) is 0.845. The zero-order chi connectivity index (χ0) is 14.3. The van der Waals surface area contributed by atoms with Crippen molar-refractivity contribution >= 4 is 34.2 Å². The molecular weight excluding hydrogens is 270 g/mol. The second-order valence-electron chi connectivity index (χ2n) is 4.61. The summed E-state index contributed by atoms with van der Waals surface area (Å²) in [6.07, 6.45) is 1.42. The first-order valence-electron chi connectivity index (χ1n) is 6.46. The topological polar surface area (TPSA) is 47.0 Å². The number of Topliss-reactive ketones (excluding diaryl/α,β-unsaturated/α-hetero) is 1. The Morgan fingerprint density at radius 2 is 1.95 bits per heavy atom. The van der Waals surface area contributed by atoms with Crippen LogP contribution < -0.4 is 0 Å². The van der Waals surface area contributed by atoms with E-state index in [0.717, 1.165) is 22.2 Å². The zero-order valence-corrected chi connectivity index (χ0v) is 12.1. The van der Waals surface area contributed by atoms with Crippen molar-refractivity contribution in [1.82, 2.24) is 4.98 Å². The second-order valence-corrected chi connectivity index (χ2v) is 5.92. The molecule has 0 spiro atoms. The van der Waals surface area contributed by atoms with Gasteiger partial charge in [0.2, 0.25) is 11.6 Å². The molecule has 4 heteroatoms. The van der Waals surface area contributed by atoms with E-state index in [9.17, 15) is 9.59 Å². The van der Waals surface area contributed by atoms with E-state index in [4.69, 9.17) is 0 Å². The van der Waals surface area contributed by atoms with Gasteiger partial charge in [0, 0.05) is 11.5 Å². The molecule has 1 aliphatic rings. The molecule has 0 unspecified atom stereocenters. The van der Waals surface area contributed by atoms with E-state index in [1.807, 2.05) is 38.1 Å². The molecule has 0 aliphatic heterocycles. The summed E-state index contributed by atoms with van der Waals surface area (Å²) >= 11 is 1.40. The summed E-state index contributed by atoms with van der Waals surface area (Å²) in [6.45, 7) is 3.85. The van der Waals surface area contributed by atoms with Crippen LogP contribution in [-0.4, -0.2) is 22.3 Å². The van der Waals surface area contributed by atoms with Gasteiger partial charge in [0.05, 0.1) is 16.0 Å². The lowest BCUT2D eigenvalue weighted by molar-refractivity contribution is 0.0987. The van der Waals surface area contributed by atoms with E-state index in [1.54, 1.807) is 0 Å². The van der Waals surface area contributed by atoms with Crippen LogP contribution in [0.5, 0.6) is 0 Å². The van der Waals surface area contributed by atoms with Crippen LogP contribution in [0, 0.1) is 6.92 Å². The highest BCUT2D eigenvalue weighted by atomic mass is 32.2. The molecule has 20 heavy (non-hydrogen) atoms. The standard InChI is InChI=1S/C16H13NO2S/c1-3-20-13-8-12(18)15-14(16(13)19)9(2)10-6-4-5-7-11(10)17-15/h4-8H,3H2,1-2H3. The predicted octanol–water partition coefficient (Wildman–Crippen LogP) is 3.56. The average molecular weight is 283 g/mol. The molecule has 0 saturated carbocycles. The van der Waals surface area contributed by atoms with Crippen molar-refractivity contribution in [2.45, 2.75) is 13.8 Å². The normalized spacial score (nSPS) is 14.4. The van der Waals surface area contributed by atoms with Gasteiger partial charge in [-0.3, -0.25) is 9.59 Å². The molecule has 3 nitrogen and oxygen atoms in total. The number of nitrogens with zero attached hydrogens (tertiary/aromatic N) is 1. The van der Waals surface area contributed by atoms with Crippen LogP contribution in [0.2, 0.25) is 0 Å². The van der Waals surface area contributed by atoms with E-state index >= 15 is 0 Å². The minimum atomic E-state index is -0.176. The lowest BCUT2D eigenvalue weighted by Crippen LogP contribution is -2.19. The van der Waals surface area contributed by atoms with Crippen LogP contribution in [0.3, 0.4) is 0 Å². The number of carbonyl (C=O) groups is 2. The molecule has 0 amide bonds. The van der Waals surface area contributed by atoms with Crippen molar-refractivity contribution in [3.63, 3.8) is 0 Å². The fourth-order valence-electron chi connectivity index (χ4n) is 2.47. The maximum Gasteiger partial charge on any atom is 0.206 e. The minimum Gasteiger partial charge on any atom is -0.288 e. The Bertz CT molecular complexity index is 777. The molecule has 0 bridgehead atoms. The highest BCUT2D eigenvalue weighted by Gasteiger charge is 2.29. The van der Waals surface area contributed by atoms with Crippen molar-refractivity contribution < 1.29 is 9.59 Å². The Morgan fingerprint density at radius 3 is 2.70 bits per heavy atom. The monoisotopic (exact) mass is 283 g/mol. The van der Waals surface area contributed by atoms with Crippen LogP contribution >= 0.6 is 11.8 Å². The lowest BCUT2D eigenvalue weighted by Gasteiger charge is -2.17. The Hall–Kier alpha value is -1.94. The van der Waals surface area contributed by atoms with Gasteiger partial charge in [-0.15, -0.1) is 11.8 Å². The average Bonchev–Trinajstić information content (AvgIpc) is 2.45. The number of ketones is 2. The van der Waals surface area contributed by atoms with Gasteiger partial charge in [0.15, 0.2) is 0 Å². The minimum absolute atomic E-state index is 0.0813. The number of aromatic nitrogens is 1. The molecule has 3 rings (SSSR count). The number of para-hydroxylation sites is 1. The number of hydrogen-bond acceptors (Lipinski definition) is 4. The van der Waals surface area contributed by atoms with Crippen LogP contribution in [-0.2, 0) is 0 Å². The summed E-state index contributed by atoms with van der Waals surface area (Å²) < 4.78 is 0. The van der Waals surface area contributed by atoms with Gasteiger partial charge < -0.3 is 0 Å². The maximum atomic E-state index is 12.5. The number of carbonyl (C=O) groups excluding carboxylic acids is 2. The Labute approximate surface area is 121 Å². The number of fused-ring (bicyclic) bond motifs is 2. The highest BCUT2D eigenvalue weighted by molar-refractivity contribution is 8.04. The van der Waals surface area contributed by atoms with Crippen molar-refractivity contribution in [3.05, 3.63) is 52.1 Å². The van der Waals surface area contributed by atoms with Gasteiger partial charge in [-0.1, -0.05) is 25.1 Å². The summed E-state index contributed by atoms with van der Waals surface area (Å²) in [5.74, 6) is 0.506. The SMILES string of the molecule is CCSC1=CC(=O)c2nc3ccccc3c(C)c2C1=O. The van der Waals surface area contributed by atoms with Crippen LogP contribution in [0.4, 0.5) is 0 Å². The summed E-state index contributed by atoms with van der Waals surface area (Å²) in [7, 11) is 0. The lowest BCUT2D eigenvalue weighted by atomic mass is 9.93. The predicted molar refractivity (Wildman–Crippen MR) is 81.4 cm³/mol. The smallest absolute Gasteiger partial charge is 0.206 e. The summed E-state index contributed by atoms with van der Waals surface area (Å²) in [5, 5.41) is 0.926. The van der Waals surface area contributed by atoms with Crippen LogP contribution in [0.25, 0.3) is 10.9 Å². The fourth-order valence-corrected chi connectivity index (χ4v) is 3.21. The Balaban J connectivity index is 2.30. The molecule has 1 aliphatic carbocycles. The van der Waals surface area contributed by atoms with Gasteiger partial charge in [0.1, 0.15) is 5.69 Å². The van der Waals surface area contributed by atoms with E-state index in [-0.39, 0.29) is 17.3 Å². The molecule has 1 aromatic heterocycles. The first-order valence-corrected chi connectivity index (χ1v) is 7.45. The second kappa shape index (κ2) is 4.87. The van der Waals surface area contributed by atoms with Crippen molar-refractivity contribution in [3.8, 4) is 0 Å². The highest BCUT2D eigenvalue weighted by Crippen LogP contribution is 2.32. The van der Waals surface area contributed by atoms with E-state index < -0.39 is 0 Å². The Morgan fingerprint density at radius 1 is 1.20 bits per heavy atom. The van der Waals surface area contributed by atoms with E-state index in [0.29, 0.717) is 10.5 Å². The maximum absolute atomic E-state index is 12.5. The number of pyridine rings is 1. The molecule has 2 aromatic rings. The molecule has 0 fully saturated rings. The summed E-state index contributed by atoms with van der Waals surface area (Å²) in [5.41, 5.74) is 2.34. The molecule has 0 atom stereocenters. The Kier molecular flexibility index (Phi) is 3.18. The van der Waals surface area contributed by atoms with Crippen molar-refractivity contribution in [1.29, 1.82) is 0 Å². The van der Waals surface area contributed by atoms with E-state index in [2.05, 4.69) is 4.98 Å². The third-order valence-corrected chi connectivity index (χ3v) is 4.30. The number of aryl methyl sites for hydroxylation is 1. The first-order chi connectivity index (χ1) is 9.63. The van der Waals surface area contributed by atoms with Crippen LogP contribution in [0.1, 0.15) is 33.3 Å². The number of allylic oxidation sites excluding steroid dienone is 2. The largest absolute Gasteiger partial charge is 0.288 e. The molecule has 0 radical (unpaired) electrons. The summed E-state index contributed by atoms with van der Waals surface area (Å²) in [6, 6.07) is 7.58.